The molecule has 16 heavy (non-hydrogen) atoms. The Morgan fingerprint density at radius 3 is 2.56 bits per heavy atom. The van der Waals surface area contributed by atoms with Gasteiger partial charge in [-0.15, -0.1) is 13.2 Å². The lowest BCUT2D eigenvalue weighted by Crippen LogP contribution is -2.18. The molecule has 0 atom stereocenters. The van der Waals surface area contributed by atoms with E-state index < -0.39 is 22.7 Å². The molecule has 0 fully saturated rings. The maximum absolute atomic E-state index is 11.9. The lowest BCUT2D eigenvalue weighted by molar-refractivity contribution is -0.389. The van der Waals surface area contributed by atoms with E-state index in [0.717, 1.165) is 0 Å². The number of rotatable bonds is 2. The third kappa shape index (κ3) is 2.93. The van der Waals surface area contributed by atoms with Gasteiger partial charge < -0.3 is 4.74 Å². The second-order valence-corrected chi connectivity index (χ2v) is 3.71. The quantitative estimate of drug-likeness (QED) is 0.357. The minimum absolute atomic E-state index is 0.0346. The van der Waals surface area contributed by atoms with E-state index in [2.05, 4.69) is 9.72 Å². The highest BCUT2D eigenvalue weighted by atomic mass is 127. The number of pyridine rings is 1. The maximum atomic E-state index is 11.9. The van der Waals surface area contributed by atoms with E-state index in [1.165, 1.54) is 6.92 Å². The summed E-state index contributed by atoms with van der Waals surface area (Å²) in [7, 11) is 0. The smallest absolute Gasteiger partial charge is 0.397 e. The summed E-state index contributed by atoms with van der Waals surface area (Å²) in [5, 5.41) is 10.6. The Kier molecular flexibility index (Phi) is 3.55. The molecule has 0 saturated carbocycles. The predicted molar refractivity (Wildman–Crippen MR) is 55.0 cm³/mol. The molecule has 0 spiro atoms. The Morgan fingerprint density at radius 2 is 2.12 bits per heavy atom. The highest BCUT2D eigenvalue weighted by molar-refractivity contribution is 14.1. The molecule has 0 N–H and O–H groups in total. The highest BCUT2D eigenvalue weighted by Crippen LogP contribution is 2.35. The van der Waals surface area contributed by atoms with Crippen LogP contribution in [0.5, 0.6) is 5.75 Å². The Labute approximate surface area is 101 Å². The second kappa shape index (κ2) is 4.39. The Morgan fingerprint density at radius 1 is 1.56 bits per heavy atom. The molecule has 1 heterocycles. The monoisotopic (exact) mass is 348 g/mol. The minimum atomic E-state index is -4.98. The number of halogens is 4. The molecule has 0 aromatic carbocycles. The van der Waals surface area contributed by atoms with E-state index in [4.69, 9.17) is 0 Å². The topological polar surface area (TPSA) is 65.3 Å². The van der Waals surface area contributed by atoms with Crippen LogP contribution in [0.4, 0.5) is 18.9 Å². The molecule has 0 aliphatic carbocycles. The highest BCUT2D eigenvalue weighted by Gasteiger charge is 2.35. The largest absolute Gasteiger partial charge is 0.573 e. The zero-order valence-corrected chi connectivity index (χ0v) is 9.87. The molecule has 0 aliphatic heterocycles. The summed E-state index contributed by atoms with van der Waals surface area (Å²) in [5.41, 5.74) is -0.691. The summed E-state index contributed by atoms with van der Waals surface area (Å²) < 4.78 is 39.6. The first-order valence-corrected chi connectivity index (χ1v) is 4.85. The summed E-state index contributed by atoms with van der Waals surface area (Å²) >= 11 is 1.68. The van der Waals surface area contributed by atoms with E-state index >= 15 is 0 Å². The van der Waals surface area contributed by atoms with E-state index in [1.807, 2.05) is 0 Å². The van der Waals surface area contributed by atoms with Gasteiger partial charge in [0.1, 0.15) is 3.70 Å². The number of hydrogen-bond donors (Lipinski definition) is 0. The van der Waals surface area contributed by atoms with Crippen molar-refractivity contribution in [3.63, 3.8) is 0 Å². The van der Waals surface area contributed by atoms with Gasteiger partial charge in [-0.1, -0.05) is 0 Å². The van der Waals surface area contributed by atoms with Crippen LogP contribution in [0, 0.1) is 20.7 Å². The molecule has 0 aliphatic rings. The van der Waals surface area contributed by atoms with Crippen molar-refractivity contribution < 1.29 is 22.8 Å². The van der Waals surface area contributed by atoms with Gasteiger partial charge in [-0.05, 0) is 29.5 Å². The molecule has 9 heteroatoms. The van der Waals surface area contributed by atoms with Gasteiger partial charge in [0.25, 0.3) is 0 Å². The van der Waals surface area contributed by atoms with Crippen molar-refractivity contribution in [1.82, 2.24) is 4.98 Å². The first-order valence-electron chi connectivity index (χ1n) is 3.77. The normalized spacial score (nSPS) is 11.3. The standard InChI is InChI=1S/C7H4F3IN2O3/c1-3-5(13(14)15)4(2-12-6(3)11)16-7(8,9)10/h2H,1H3. The molecule has 88 valence electrons. The number of aromatic nitrogens is 1. The molecule has 0 bridgehead atoms. The number of nitrogens with zero attached hydrogens (tertiary/aromatic N) is 2. The summed E-state index contributed by atoms with van der Waals surface area (Å²) in [6.45, 7) is 1.30. The molecular formula is C7H4F3IN2O3. The molecule has 1 rings (SSSR count). The molecule has 0 amide bonds. The van der Waals surface area contributed by atoms with E-state index in [1.54, 1.807) is 22.6 Å². The van der Waals surface area contributed by atoms with Gasteiger partial charge in [0, 0.05) is 0 Å². The maximum Gasteiger partial charge on any atom is 0.573 e. The molecule has 0 saturated heterocycles. The SMILES string of the molecule is Cc1c(I)ncc(OC(F)(F)F)c1[N+](=O)[O-]. The van der Waals surface area contributed by atoms with Crippen molar-refractivity contribution >= 4 is 28.3 Å². The van der Waals surface area contributed by atoms with Crippen molar-refractivity contribution in [2.75, 3.05) is 0 Å². The number of hydrogen-bond acceptors (Lipinski definition) is 4. The van der Waals surface area contributed by atoms with Crippen LogP contribution in [-0.2, 0) is 0 Å². The van der Waals surface area contributed by atoms with Crippen molar-refractivity contribution in [1.29, 1.82) is 0 Å². The van der Waals surface area contributed by atoms with Crippen LogP contribution in [0.3, 0.4) is 0 Å². The summed E-state index contributed by atoms with van der Waals surface area (Å²) in [4.78, 5) is 13.2. The van der Waals surface area contributed by atoms with Gasteiger partial charge in [0.05, 0.1) is 16.7 Å². The second-order valence-electron chi connectivity index (χ2n) is 2.69. The fourth-order valence-corrected chi connectivity index (χ4v) is 1.38. The summed E-state index contributed by atoms with van der Waals surface area (Å²) in [6, 6.07) is 0. The van der Waals surface area contributed by atoms with Crippen molar-refractivity contribution in [2.45, 2.75) is 13.3 Å². The lowest BCUT2D eigenvalue weighted by atomic mass is 10.2. The van der Waals surface area contributed by atoms with Gasteiger partial charge in [-0.25, -0.2) is 4.98 Å². The van der Waals surface area contributed by atoms with Crippen LogP contribution in [0.1, 0.15) is 5.56 Å². The van der Waals surface area contributed by atoms with Crippen LogP contribution < -0.4 is 4.74 Å². The zero-order valence-electron chi connectivity index (χ0n) is 7.71. The van der Waals surface area contributed by atoms with Gasteiger partial charge in [0.15, 0.2) is 0 Å². The van der Waals surface area contributed by atoms with Crippen LogP contribution in [0.15, 0.2) is 6.20 Å². The van der Waals surface area contributed by atoms with Gasteiger partial charge in [0.2, 0.25) is 5.75 Å². The van der Waals surface area contributed by atoms with E-state index in [-0.39, 0.29) is 9.26 Å². The lowest BCUT2D eigenvalue weighted by Gasteiger charge is -2.10. The molecule has 1 aromatic heterocycles. The van der Waals surface area contributed by atoms with Crippen LogP contribution >= 0.6 is 22.6 Å². The van der Waals surface area contributed by atoms with E-state index in [0.29, 0.717) is 6.20 Å². The number of ether oxygens (including phenoxy) is 1. The average molecular weight is 348 g/mol. The number of alkyl halides is 3. The van der Waals surface area contributed by atoms with E-state index in [9.17, 15) is 23.3 Å². The summed E-state index contributed by atoms with van der Waals surface area (Å²) in [6.07, 6.45) is -4.30. The number of nitro groups is 1. The summed E-state index contributed by atoms with van der Waals surface area (Å²) in [5.74, 6) is -0.907. The Balaban J connectivity index is 3.29. The molecular weight excluding hydrogens is 344 g/mol. The average Bonchev–Trinajstić information content (AvgIpc) is 2.08. The van der Waals surface area contributed by atoms with Gasteiger partial charge in [-0.3, -0.25) is 10.1 Å². The Hall–Kier alpha value is -1.13. The zero-order chi connectivity index (χ0) is 12.5. The Bertz CT molecular complexity index is 436. The first kappa shape index (κ1) is 12.9. The first-order chi connectivity index (χ1) is 7.22. The molecule has 5 nitrogen and oxygen atoms in total. The van der Waals surface area contributed by atoms with Crippen molar-refractivity contribution in [3.05, 3.63) is 25.6 Å². The fourth-order valence-electron chi connectivity index (χ4n) is 0.982. The van der Waals surface area contributed by atoms with Crippen LogP contribution in [-0.4, -0.2) is 16.3 Å². The minimum Gasteiger partial charge on any atom is -0.397 e. The van der Waals surface area contributed by atoms with Crippen LogP contribution in [0.2, 0.25) is 0 Å². The molecule has 0 radical (unpaired) electrons. The van der Waals surface area contributed by atoms with Crippen molar-refractivity contribution in [2.24, 2.45) is 0 Å². The third-order valence-corrected chi connectivity index (χ3v) is 2.69. The van der Waals surface area contributed by atoms with Crippen molar-refractivity contribution in [3.8, 4) is 5.75 Å². The fraction of sp³-hybridized carbons (Fsp3) is 0.286. The molecule has 1 aromatic rings. The van der Waals surface area contributed by atoms with Gasteiger partial charge in [-0.2, -0.15) is 0 Å². The van der Waals surface area contributed by atoms with Gasteiger partial charge >= 0.3 is 12.0 Å². The predicted octanol–water partition coefficient (Wildman–Crippen LogP) is 2.80. The third-order valence-electron chi connectivity index (χ3n) is 1.60. The molecule has 0 unspecified atom stereocenters. The van der Waals surface area contributed by atoms with Crippen LogP contribution in [0.25, 0.3) is 0 Å².